The Labute approximate surface area is 123 Å². The Morgan fingerprint density at radius 1 is 1.60 bits per heavy atom. The van der Waals surface area contributed by atoms with Crippen molar-refractivity contribution < 1.29 is 9.18 Å². The molecule has 6 heteroatoms. The number of carbonyl (C=O) groups is 1. The lowest BCUT2D eigenvalue weighted by atomic mass is 10.2. The van der Waals surface area contributed by atoms with Gasteiger partial charge in [0.15, 0.2) is 0 Å². The van der Waals surface area contributed by atoms with E-state index < -0.39 is 5.82 Å². The zero-order valence-corrected chi connectivity index (χ0v) is 12.2. The number of halogens is 2. The summed E-state index contributed by atoms with van der Waals surface area (Å²) in [4.78, 5) is 13.8. The molecule has 0 saturated carbocycles. The fourth-order valence-corrected chi connectivity index (χ4v) is 2.54. The minimum absolute atomic E-state index is 0.159. The van der Waals surface area contributed by atoms with Crippen molar-refractivity contribution in [3.05, 3.63) is 29.0 Å². The van der Waals surface area contributed by atoms with E-state index in [1.54, 1.807) is 6.07 Å². The monoisotopic (exact) mass is 299 g/mol. The smallest absolute Gasteiger partial charge is 0.238 e. The zero-order valence-electron chi connectivity index (χ0n) is 11.5. The lowest BCUT2D eigenvalue weighted by molar-refractivity contribution is -0.117. The van der Waals surface area contributed by atoms with Gasteiger partial charge in [0.05, 0.1) is 12.2 Å². The van der Waals surface area contributed by atoms with Crippen LogP contribution in [-0.2, 0) is 4.79 Å². The fraction of sp³-hybridized carbons (Fsp3) is 0.500. The molecule has 1 aliphatic heterocycles. The molecule has 1 atom stereocenters. The molecule has 0 radical (unpaired) electrons. The number of hydrogen-bond acceptors (Lipinski definition) is 3. The van der Waals surface area contributed by atoms with E-state index in [0.29, 0.717) is 11.1 Å². The minimum atomic E-state index is -0.522. The summed E-state index contributed by atoms with van der Waals surface area (Å²) in [5, 5.41) is 6.25. The lowest BCUT2D eigenvalue weighted by Crippen LogP contribution is -2.39. The van der Waals surface area contributed by atoms with Gasteiger partial charge in [-0.25, -0.2) is 4.39 Å². The van der Waals surface area contributed by atoms with Crippen molar-refractivity contribution in [2.45, 2.75) is 18.9 Å². The van der Waals surface area contributed by atoms with Crippen LogP contribution in [0.2, 0.25) is 5.02 Å². The number of rotatable bonds is 5. The first-order valence-electron chi connectivity index (χ1n) is 6.71. The maximum atomic E-state index is 13.6. The van der Waals surface area contributed by atoms with E-state index in [9.17, 15) is 9.18 Å². The van der Waals surface area contributed by atoms with E-state index in [-0.39, 0.29) is 18.1 Å². The summed E-state index contributed by atoms with van der Waals surface area (Å²) in [6, 6.07) is 4.64. The summed E-state index contributed by atoms with van der Waals surface area (Å²) < 4.78 is 13.6. The maximum Gasteiger partial charge on any atom is 0.238 e. The lowest BCUT2D eigenvalue weighted by Gasteiger charge is -2.20. The first-order valence-corrected chi connectivity index (χ1v) is 7.09. The van der Waals surface area contributed by atoms with Crippen molar-refractivity contribution in [2.24, 2.45) is 0 Å². The fourth-order valence-electron chi connectivity index (χ4n) is 2.38. The van der Waals surface area contributed by atoms with Gasteiger partial charge < -0.3 is 10.6 Å². The van der Waals surface area contributed by atoms with Gasteiger partial charge >= 0.3 is 0 Å². The van der Waals surface area contributed by atoms with Gasteiger partial charge in [-0.3, -0.25) is 9.69 Å². The van der Waals surface area contributed by atoms with Crippen LogP contribution in [0.3, 0.4) is 0 Å². The van der Waals surface area contributed by atoms with Gasteiger partial charge in [0.2, 0.25) is 5.91 Å². The summed E-state index contributed by atoms with van der Waals surface area (Å²) >= 11 is 5.67. The van der Waals surface area contributed by atoms with Crippen LogP contribution < -0.4 is 10.6 Å². The molecule has 0 aliphatic carbocycles. The number of amides is 1. The average molecular weight is 300 g/mol. The molecule has 1 aromatic carbocycles. The van der Waals surface area contributed by atoms with E-state index in [0.717, 1.165) is 19.5 Å². The van der Waals surface area contributed by atoms with E-state index in [4.69, 9.17) is 11.6 Å². The largest absolute Gasteiger partial charge is 0.322 e. The Morgan fingerprint density at radius 3 is 3.05 bits per heavy atom. The van der Waals surface area contributed by atoms with E-state index >= 15 is 0 Å². The van der Waals surface area contributed by atoms with Gasteiger partial charge in [-0.05, 0) is 44.6 Å². The molecule has 1 aromatic rings. The van der Waals surface area contributed by atoms with Gasteiger partial charge in [0, 0.05) is 17.6 Å². The second-order valence-corrected chi connectivity index (χ2v) is 5.60. The highest BCUT2D eigenvalue weighted by Crippen LogP contribution is 2.18. The number of carbonyl (C=O) groups excluding carboxylic acids is 1. The quantitative estimate of drug-likeness (QED) is 0.875. The molecule has 0 bridgehead atoms. The molecule has 1 fully saturated rings. The number of anilines is 1. The molecule has 2 rings (SSSR count). The summed E-state index contributed by atoms with van der Waals surface area (Å²) in [5.74, 6) is -0.752. The molecule has 20 heavy (non-hydrogen) atoms. The van der Waals surface area contributed by atoms with Crippen LogP contribution in [0.25, 0.3) is 0 Å². The normalized spacial score (nSPS) is 18.5. The molecule has 1 unspecified atom stereocenters. The first kappa shape index (κ1) is 15.2. The highest BCUT2D eigenvalue weighted by molar-refractivity contribution is 6.30. The molecule has 4 nitrogen and oxygen atoms in total. The van der Waals surface area contributed by atoms with Gasteiger partial charge in [0.1, 0.15) is 5.82 Å². The Morgan fingerprint density at radius 2 is 2.40 bits per heavy atom. The molecule has 2 N–H and O–H groups in total. The van der Waals surface area contributed by atoms with Crippen molar-refractivity contribution in [1.29, 1.82) is 0 Å². The number of hydrogen-bond donors (Lipinski definition) is 2. The van der Waals surface area contributed by atoms with Crippen LogP contribution in [0, 0.1) is 5.82 Å². The molecule has 1 heterocycles. The summed E-state index contributed by atoms with van der Waals surface area (Å²) in [7, 11) is 1.89. The van der Waals surface area contributed by atoms with Gasteiger partial charge in [-0.2, -0.15) is 0 Å². The summed E-state index contributed by atoms with van der Waals surface area (Å²) in [6.45, 7) is 2.09. The van der Waals surface area contributed by atoms with Crippen molar-refractivity contribution in [2.75, 3.05) is 32.0 Å². The molecule has 1 saturated heterocycles. The number of benzene rings is 1. The summed E-state index contributed by atoms with van der Waals surface area (Å²) in [6.07, 6.45) is 2.32. The van der Waals surface area contributed by atoms with Crippen LogP contribution in [0.5, 0.6) is 0 Å². The Bertz CT molecular complexity index is 477. The minimum Gasteiger partial charge on any atom is -0.322 e. The second kappa shape index (κ2) is 7.02. The third-order valence-electron chi connectivity index (χ3n) is 3.31. The number of likely N-dealkylation sites (N-methyl/N-ethyl adjacent to an activating group) is 1. The molecular weight excluding hydrogens is 281 g/mol. The number of nitrogens with one attached hydrogen (secondary N) is 2. The molecule has 0 aromatic heterocycles. The van der Waals surface area contributed by atoms with Crippen molar-refractivity contribution >= 4 is 23.2 Å². The standard InChI is InChI=1S/C14H19ClFN3O/c1-19(8-11-3-2-6-17-11)9-14(20)18-13-5-4-10(15)7-12(13)16/h4-5,7,11,17H,2-3,6,8-9H2,1H3,(H,18,20). The van der Waals surface area contributed by atoms with Gasteiger partial charge in [0.25, 0.3) is 0 Å². The van der Waals surface area contributed by atoms with E-state index in [1.807, 2.05) is 11.9 Å². The topological polar surface area (TPSA) is 44.4 Å². The highest BCUT2D eigenvalue weighted by atomic mass is 35.5. The first-order chi connectivity index (χ1) is 9.54. The predicted molar refractivity (Wildman–Crippen MR) is 78.6 cm³/mol. The van der Waals surface area contributed by atoms with Crippen molar-refractivity contribution in [1.82, 2.24) is 10.2 Å². The molecule has 1 aliphatic rings. The van der Waals surface area contributed by atoms with E-state index in [1.165, 1.54) is 18.6 Å². The Kier molecular flexibility index (Phi) is 5.34. The highest BCUT2D eigenvalue weighted by Gasteiger charge is 2.17. The van der Waals surface area contributed by atoms with Gasteiger partial charge in [-0.15, -0.1) is 0 Å². The summed E-state index contributed by atoms with van der Waals surface area (Å²) in [5.41, 5.74) is 0.159. The van der Waals surface area contributed by atoms with E-state index in [2.05, 4.69) is 10.6 Å². The molecule has 1 amide bonds. The molecule has 110 valence electrons. The van der Waals surface area contributed by atoms with Crippen LogP contribution in [-0.4, -0.2) is 43.5 Å². The zero-order chi connectivity index (χ0) is 14.5. The maximum absolute atomic E-state index is 13.6. The molecule has 0 spiro atoms. The van der Waals surface area contributed by atoms with Crippen LogP contribution in [0.4, 0.5) is 10.1 Å². The van der Waals surface area contributed by atoms with Crippen molar-refractivity contribution in [3.63, 3.8) is 0 Å². The molecular formula is C14H19ClFN3O. The van der Waals surface area contributed by atoms with Crippen LogP contribution in [0.15, 0.2) is 18.2 Å². The van der Waals surface area contributed by atoms with Gasteiger partial charge in [-0.1, -0.05) is 11.6 Å². The third-order valence-corrected chi connectivity index (χ3v) is 3.55. The van der Waals surface area contributed by atoms with Crippen LogP contribution >= 0.6 is 11.6 Å². The van der Waals surface area contributed by atoms with Crippen LogP contribution in [0.1, 0.15) is 12.8 Å². The second-order valence-electron chi connectivity index (χ2n) is 5.16. The third kappa shape index (κ3) is 4.44. The Hall–Kier alpha value is -1.17. The average Bonchev–Trinajstić information content (AvgIpc) is 2.85. The SMILES string of the molecule is CN(CC(=O)Nc1ccc(Cl)cc1F)CC1CCCN1. The predicted octanol–water partition coefficient (Wildman–Crippen LogP) is 2.10. The Balaban J connectivity index is 1.82. The number of nitrogens with zero attached hydrogens (tertiary/aromatic N) is 1. The van der Waals surface area contributed by atoms with Crippen molar-refractivity contribution in [3.8, 4) is 0 Å².